The minimum atomic E-state index is 0.0358. The maximum Gasteiger partial charge on any atom is 0.136 e. The van der Waals surface area contributed by atoms with E-state index in [1.165, 1.54) is 48.0 Å². The molecule has 0 fully saturated rings. The Morgan fingerprint density at radius 1 is 0.540 bits per heavy atom. The highest BCUT2D eigenvalue weighted by Crippen LogP contribution is 2.47. The predicted molar refractivity (Wildman–Crippen MR) is 212 cm³/mol. The van der Waals surface area contributed by atoms with Crippen LogP contribution >= 0.6 is 11.3 Å². The molecule has 0 N–H and O–H groups in total. The van der Waals surface area contributed by atoms with E-state index >= 15 is 0 Å². The molecule has 10 rings (SSSR count). The number of rotatable bonds is 6. The summed E-state index contributed by atoms with van der Waals surface area (Å²) < 4.78 is 8.19. The number of hydrogen-bond donors (Lipinski definition) is 0. The topological polar surface area (TPSA) is 16.4 Å². The fourth-order valence-electron chi connectivity index (χ4n) is 8.03. The van der Waals surface area contributed by atoms with Gasteiger partial charge in [0.1, 0.15) is 11.2 Å². The van der Waals surface area contributed by atoms with Gasteiger partial charge in [0.15, 0.2) is 0 Å². The average Bonchev–Trinajstić information content (AvgIpc) is 3.75. The molecule has 9 aromatic rings. The third kappa shape index (κ3) is 4.69. The number of furan rings is 1. The van der Waals surface area contributed by atoms with Gasteiger partial charge in [-0.2, -0.15) is 0 Å². The van der Waals surface area contributed by atoms with Gasteiger partial charge < -0.3 is 9.32 Å². The molecule has 0 saturated carbocycles. The summed E-state index contributed by atoms with van der Waals surface area (Å²) >= 11 is 1.98. The van der Waals surface area contributed by atoms with Crippen molar-refractivity contribution in [3.8, 4) is 0 Å². The monoisotopic (exact) mass is 659 g/mol. The zero-order chi connectivity index (χ0) is 33.0. The summed E-state index contributed by atoms with van der Waals surface area (Å²) in [4.78, 5) is 3.81. The van der Waals surface area contributed by atoms with Gasteiger partial charge in [0.05, 0.1) is 0 Å². The molecular weight excluding hydrogens is 627 g/mol. The number of anilines is 3. The average molecular weight is 660 g/mol. The van der Waals surface area contributed by atoms with Crippen molar-refractivity contribution in [2.75, 3.05) is 4.90 Å². The van der Waals surface area contributed by atoms with Crippen molar-refractivity contribution in [3.05, 3.63) is 191 Å². The second-order valence-electron chi connectivity index (χ2n) is 13.1. The van der Waals surface area contributed by atoms with Crippen molar-refractivity contribution in [2.24, 2.45) is 0 Å². The van der Waals surface area contributed by atoms with Crippen molar-refractivity contribution in [1.82, 2.24) is 0 Å². The number of fused-ring (bicyclic) bond motifs is 8. The molecule has 0 spiro atoms. The van der Waals surface area contributed by atoms with E-state index in [0.717, 1.165) is 51.8 Å². The molecule has 2 aromatic heterocycles. The highest BCUT2D eigenvalue weighted by Gasteiger charge is 2.26. The van der Waals surface area contributed by atoms with Gasteiger partial charge in [-0.3, -0.25) is 0 Å². The molecule has 3 heteroatoms. The van der Waals surface area contributed by atoms with Gasteiger partial charge in [-0.05, 0) is 94.4 Å². The lowest BCUT2D eigenvalue weighted by Gasteiger charge is -2.25. The Labute approximate surface area is 295 Å². The van der Waals surface area contributed by atoms with E-state index in [0.29, 0.717) is 0 Å². The maximum absolute atomic E-state index is 6.80. The van der Waals surface area contributed by atoms with E-state index in [4.69, 9.17) is 4.42 Å². The van der Waals surface area contributed by atoms with E-state index in [2.05, 4.69) is 175 Å². The van der Waals surface area contributed by atoms with Crippen LogP contribution in [0.5, 0.6) is 0 Å². The van der Waals surface area contributed by atoms with Crippen molar-refractivity contribution in [2.45, 2.75) is 18.8 Å². The number of nitrogens with zero attached hydrogens (tertiary/aromatic N) is 1. The normalized spacial score (nSPS) is 13.3. The summed E-state index contributed by atoms with van der Waals surface area (Å²) in [7, 11) is 0. The molecule has 2 heterocycles. The van der Waals surface area contributed by atoms with Gasteiger partial charge in [0.25, 0.3) is 0 Å². The second-order valence-corrected chi connectivity index (χ2v) is 14.2. The molecule has 0 amide bonds. The van der Waals surface area contributed by atoms with Gasteiger partial charge in [0.2, 0.25) is 0 Å². The molecule has 0 saturated heterocycles. The molecule has 0 bridgehead atoms. The van der Waals surface area contributed by atoms with Crippen LogP contribution in [0.3, 0.4) is 0 Å². The van der Waals surface area contributed by atoms with E-state index in [1.807, 2.05) is 11.3 Å². The number of aryl methyl sites for hydroxylation is 1. The largest absolute Gasteiger partial charge is 0.456 e. The van der Waals surface area contributed by atoms with Gasteiger partial charge in [-0.25, -0.2) is 0 Å². The van der Waals surface area contributed by atoms with E-state index in [9.17, 15) is 0 Å². The van der Waals surface area contributed by atoms with Gasteiger partial charge in [-0.15, -0.1) is 11.3 Å². The maximum atomic E-state index is 6.80. The van der Waals surface area contributed by atoms with Crippen LogP contribution in [0.1, 0.15) is 39.5 Å². The van der Waals surface area contributed by atoms with Crippen molar-refractivity contribution in [3.63, 3.8) is 0 Å². The summed E-state index contributed by atoms with van der Waals surface area (Å²) in [5.41, 5.74) is 10.4. The quantitative estimate of drug-likeness (QED) is 0.165. The predicted octanol–water partition coefficient (Wildman–Crippen LogP) is 13.6. The first-order valence-corrected chi connectivity index (χ1v) is 18.2. The van der Waals surface area contributed by atoms with Crippen LogP contribution in [0, 0.1) is 0 Å². The molecule has 7 aromatic carbocycles. The molecular formula is C47H33NOS. The SMILES string of the molecule is C1=Cc2c(sc3c([C@@H](c4ccccc4)c4cc5oc6ccc(N(c7ccccc7)c7ccccc7)cc6c5c5ccccc45)cccc23)CC1. The standard InChI is InChI=1S/C47H33NOS/c1-4-15-31(16-5-1)45(39-25-14-24-38-36-22-12-13-26-44(36)50-47(38)39)40-30-43-46(37-23-11-10-21-35(37)40)41-29-34(27-28-42(41)49-43)48(32-17-6-2-7-18-32)33-19-8-3-9-20-33/h1-12,14-25,27-30,45H,13,26H2/t45-/m1/s1. The Morgan fingerprint density at radius 3 is 1.98 bits per heavy atom. The van der Waals surface area contributed by atoms with Crippen LogP contribution in [-0.4, -0.2) is 0 Å². The smallest absolute Gasteiger partial charge is 0.136 e. The first-order valence-electron chi connectivity index (χ1n) is 17.4. The van der Waals surface area contributed by atoms with Crippen LogP contribution < -0.4 is 4.90 Å². The molecule has 50 heavy (non-hydrogen) atoms. The van der Waals surface area contributed by atoms with Crippen LogP contribution in [-0.2, 0) is 6.42 Å². The van der Waals surface area contributed by atoms with Crippen LogP contribution in [0.2, 0.25) is 0 Å². The number of allylic oxidation sites excluding steroid dienone is 1. The van der Waals surface area contributed by atoms with Crippen molar-refractivity contribution < 1.29 is 4.42 Å². The lowest BCUT2D eigenvalue weighted by Crippen LogP contribution is -2.09. The van der Waals surface area contributed by atoms with Gasteiger partial charge >= 0.3 is 0 Å². The molecule has 1 aliphatic rings. The zero-order valence-electron chi connectivity index (χ0n) is 27.4. The Morgan fingerprint density at radius 2 is 1.22 bits per heavy atom. The van der Waals surface area contributed by atoms with E-state index < -0.39 is 0 Å². The molecule has 0 radical (unpaired) electrons. The number of thiophene rings is 1. The fourth-order valence-corrected chi connectivity index (χ4v) is 9.37. The summed E-state index contributed by atoms with van der Waals surface area (Å²) in [6, 6.07) is 56.9. The third-order valence-electron chi connectivity index (χ3n) is 10.2. The minimum Gasteiger partial charge on any atom is -0.456 e. The summed E-state index contributed by atoms with van der Waals surface area (Å²) in [5, 5.41) is 6.10. The Balaban J connectivity index is 1.22. The first-order chi connectivity index (χ1) is 24.8. The first kappa shape index (κ1) is 29.1. The highest BCUT2D eigenvalue weighted by atomic mass is 32.1. The molecule has 0 unspecified atom stereocenters. The fraction of sp³-hybridized carbons (Fsp3) is 0.0638. The van der Waals surface area contributed by atoms with Crippen LogP contribution in [0.15, 0.2) is 168 Å². The lowest BCUT2D eigenvalue weighted by atomic mass is 9.81. The zero-order valence-corrected chi connectivity index (χ0v) is 28.2. The minimum absolute atomic E-state index is 0.0358. The third-order valence-corrected chi connectivity index (χ3v) is 11.5. The molecule has 2 nitrogen and oxygen atoms in total. The number of benzene rings is 7. The van der Waals surface area contributed by atoms with E-state index in [1.54, 1.807) is 0 Å². The highest BCUT2D eigenvalue weighted by molar-refractivity contribution is 7.19. The summed E-state index contributed by atoms with van der Waals surface area (Å²) in [6.07, 6.45) is 6.88. The lowest BCUT2D eigenvalue weighted by molar-refractivity contribution is 0.668. The van der Waals surface area contributed by atoms with Crippen molar-refractivity contribution >= 4 is 77.3 Å². The molecule has 1 aliphatic carbocycles. The molecule has 238 valence electrons. The summed E-state index contributed by atoms with van der Waals surface area (Å²) in [6.45, 7) is 0. The number of hydrogen-bond acceptors (Lipinski definition) is 3. The van der Waals surface area contributed by atoms with Crippen LogP contribution in [0.4, 0.5) is 17.1 Å². The van der Waals surface area contributed by atoms with Gasteiger partial charge in [0, 0.05) is 48.7 Å². The van der Waals surface area contributed by atoms with Gasteiger partial charge in [-0.1, -0.05) is 121 Å². The Hall–Kier alpha value is -5.90. The Bertz CT molecular complexity index is 2660. The van der Waals surface area contributed by atoms with Crippen molar-refractivity contribution in [1.29, 1.82) is 0 Å². The second kappa shape index (κ2) is 11.9. The van der Waals surface area contributed by atoms with Crippen LogP contribution in [0.25, 0.3) is 48.9 Å². The molecule has 1 atom stereocenters. The number of para-hydroxylation sites is 2. The Kier molecular flexibility index (Phi) is 6.92. The van der Waals surface area contributed by atoms with E-state index in [-0.39, 0.29) is 5.92 Å². The molecule has 0 aliphatic heterocycles. The summed E-state index contributed by atoms with van der Waals surface area (Å²) in [5.74, 6) is 0.0358.